The van der Waals surface area contributed by atoms with Gasteiger partial charge in [-0.05, 0) is 38.3 Å². The Morgan fingerprint density at radius 2 is 2.07 bits per heavy atom. The van der Waals surface area contributed by atoms with E-state index in [-0.39, 0.29) is 16.6 Å². The second-order valence-electron chi connectivity index (χ2n) is 7.12. The topological polar surface area (TPSA) is 90.7 Å². The van der Waals surface area contributed by atoms with Crippen molar-refractivity contribution >= 4 is 40.3 Å². The van der Waals surface area contributed by atoms with Crippen LogP contribution in [0.3, 0.4) is 0 Å². The van der Waals surface area contributed by atoms with Gasteiger partial charge in [-0.25, -0.2) is 4.98 Å². The molecule has 0 radical (unpaired) electrons. The highest BCUT2D eigenvalue weighted by Gasteiger charge is 2.28. The van der Waals surface area contributed by atoms with Crippen LogP contribution in [0.2, 0.25) is 5.02 Å². The smallest absolute Gasteiger partial charge is 0.236 e. The minimum atomic E-state index is -0.272. The molecule has 0 saturated carbocycles. The molecule has 0 unspecified atom stereocenters. The third-order valence-corrected chi connectivity index (χ3v) is 6.81. The lowest BCUT2D eigenvalue weighted by atomic mass is 10.3. The van der Waals surface area contributed by atoms with Gasteiger partial charge in [-0.2, -0.15) is 5.10 Å². The fraction of sp³-hybridized carbons (Fsp3) is 0.400. The van der Waals surface area contributed by atoms with Gasteiger partial charge < -0.3 is 4.90 Å². The second kappa shape index (κ2) is 8.20. The number of H-pyrrole nitrogens is 1. The van der Waals surface area contributed by atoms with Crippen LogP contribution < -0.4 is 5.49 Å². The van der Waals surface area contributed by atoms with Crippen molar-refractivity contribution in [2.45, 2.75) is 43.5 Å². The van der Waals surface area contributed by atoms with Crippen LogP contribution in [-0.2, 0) is 4.79 Å². The van der Waals surface area contributed by atoms with Crippen LogP contribution in [0, 0.1) is 12.3 Å². The van der Waals surface area contributed by atoms with Gasteiger partial charge >= 0.3 is 0 Å². The molecule has 9 heteroatoms. The van der Waals surface area contributed by atoms with Crippen molar-refractivity contribution in [2.75, 3.05) is 13.1 Å². The molecule has 2 N–H and O–H groups in total. The van der Waals surface area contributed by atoms with Crippen LogP contribution in [-0.4, -0.2) is 48.9 Å². The molecule has 1 aliphatic heterocycles. The van der Waals surface area contributed by atoms with E-state index in [0.29, 0.717) is 33.3 Å². The van der Waals surface area contributed by atoms with E-state index in [0.717, 1.165) is 31.6 Å². The number of carbonyl (C=O) groups excluding carboxylic acids is 1. The summed E-state index contributed by atoms with van der Waals surface area (Å²) in [4.78, 5) is 19.7. The number of aryl methyl sites for hydroxylation is 1. The van der Waals surface area contributed by atoms with Crippen molar-refractivity contribution in [2.24, 2.45) is 0 Å². The number of benzene rings is 1. The number of nitrogens with zero attached hydrogens (tertiary/aromatic N) is 4. The molecule has 1 fully saturated rings. The predicted molar refractivity (Wildman–Crippen MR) is 115 cm³/mol. The zero-order valence-electron chi connectivity index (χ0n) is 16.4. The Bertz CT molecular complexity index is 1120. The van der Waals surface area contributed by atoms with E-state index < -0.39 is 0 Å². The van der Waals surface area contributed by atoms with E-state index in [9.17, 15) is 4.79 Å². The van der Waals surface area contributed by atoms with Gasteiger partial charge in [0, 0.05) is 18.8 Å². The molecule has 1 aromatic carbocycles. The molecule has 7 nitrogen and oxygen atoms in total. The van der Waals surface area contributed by atoms with Gasteiger partial charge in [0.1, 0.15) is 5.49 Å². The highest BCUT2D eigenvalue weighted by Crippen LogP contribution is 2.30. The SMILES string of the molecule is CC[C@@H](Sc1nc2n[nH]c(C)c2c(=N)n1-c1ccccc1Cl)C(=O)N1CCCC1. The highest BCUT2D eigenvalue weighted by atomic mass is 35.5. The highest BCUT2D eigenvalue weighted by molar-refractivity contribution is 8.00. The van der Waals surface area contributed by atoms with Crippen LogP contribution in [0.4, 0.5) is 0 Å². The standard InChI is InChI=1S/C20H23ClN6OS/c1-3-15(19(28)26-10-6-7-11-26)29-20-23-18-16(12(2)24-25-18)17(22)27(20)14-9-5-4-8-13(14)21/h4-5,8-9,15,22H,3,6-7,10-11H2,1-2H3,(H,24,25)/t15-/m1/s1. The van der Waals surface area contributed by atoms with Crippen molar-refractivity contribution in [1.82, 2.24) is 24.6 Å². The molecule has 2 aromatic heterocycles. The third-order valence-electron chi connectivity index (χ3n) is 5.19. The summed E-state index contributed by atoms with van der Waals surface area (Å²) >= 11 is 7.84. The number of likely N-dealkylation sites (tertiary alicyclic amines) is 1. The van der Waals surface area contributed by atoms with Crippen molar-refractivity contribution in [3.05, 3.63) is 40.5 Å². The van der Waals surface area contributed by atoms with Crippen molar-refractivity contribution in [3.63, 3.8) is 0 Å². The van der Waals surface area contributed by atoms with E-state index in [1.165, 1.54) is 11.8 Å². The van der Waals surface area contributed by atoms with Crippen molar-refractivity contribution < 1.29 is 4.79 Å². The molecule has 1 amide bonds. The fourth-order valence-corrected chi connectivity index (χ4v) is 4.97. The van der Waals surface area contributed by atoms with Crippen LogP contribution in [0.1, 0.15) is 31.9 Å². The normalized spacial score (nSPS) is 15.2. The Morgan fingerprint density at radius 1 is 1.34 bits per heavy atom. The first-order chi connectivity index (χ1) is 14.0. The van der Waals surface area contributed by atoms with Crippen LogP contribution >= 0.6 is 23.4 Å². The van der Waals surface area contributed by atoms with Gasteiger partial charge in [-0.15, -0.1) is 0 Å². The monoisotopic (exact) mass is 430 g/mol. The number of amides is 1. The Kier molecular flexibility index (Phi) is 5.65. The molecule has 1 atom stereocenters. The summed E-state index contributed by atoms with van der Waals surface area (Å²) in [6.45, 7) is 5.50. The summed E-state index contributed by atoms with van der Waals surface area (Å²) in [5, 5.41) is 17.4. The van der Waals surface area contributed by atoms with Crippen molar-refractivity contribution in [1.29, 1.82) is 5.41 Å². The number of para-hydroxylation sites is 1. The quantitative estimate of drug-likeness (QED) is 0.477. The number of hydrogen-bond donors (Lipinski definition) is 2. The minimum Gasteiger partial charge on any atom is -0.342 e. The number of aromatic amines is 1. The van der Waals surface area contributed by atoms with Gasteiger partial charge in [-0.1, -0.05) is 42.4 Å². The third kappa shape index (κ3) is 3.67. The van der Waals surface area contributed by atoms with Gasteiger partial charge in [0.05, 0.1) is 21.3 Å². The number of halogens is 1. The number of nitrogens with one attached hydrogen (secondary N) is 2. The van der Waals surface area contributed by atoms with Gasteiger partial charge in [0.15, 0.2) is 10.8 Å². The van der Waals surface area contributed by atoms with Gasteiger partial charge in [0.25, 0.3) is 0 Å². The first-order valence-corrected chi connectivity index (χ1v) is 11.0. The number of hydrogen-bond acceptors (Lipinski definition) is 5. The number of fused-ring (bicyclic) bond motifs is 1. The predicted octanol–water partition coefficient (Wildman–Crippen LogP) is 3.68. The van der Waals surface area contributed by atoms with Crippen LogP contribution in [0.5, 0.6) is 0 Å². The van der Waals surface area contributed by atoms with Crippen molar-refractivity contribution in [3.8, 4) is 5.69 Å². The first kappa shape index (κ1) is 20.0. The van der Waals surface area contributed by atoms with Gasteiger partial charge in [0.2, 0.25) is 5.91 Å². The zero-order valence-corrected chi connectivity index (χ0v) is 18.0. The lowest BCUT2D eigenvalue weighted by molar-refractivity contribution is -0.129. The molecule has 4 rings (SSSR count). The Labute approximate surface area is 178 Å². The van der Waals surface area contributed by atoms with E-state index in [2.05, 4.69) is 10.2 Å². The largest absolute Gasteiger partial charge is 0.342 e. The Morgan fingerprint density at radius 3 is 2.76 bits per heavy atom. The molecule has 3 heterocycles. The number of aromatic nitrogens is 4. The number of carbonyl (C=O) groups is 1. The summed E-state index contributed by atoms with van der Waals surface area (Å²) < 4.78 is 1.72. The fourth-order valence-electron chi connectivity index (χ4n) is 3.64. The molecule has 1 aliphatic rings. The summed E-state index contributed by atoms with van der Waals surface area (Å²) in [6, 6.07) is 7.37. The lowest BCUT2D eigenvalue weighted by Crippen LogP contribution is -2.35. The van der Waals surface area contributed by atoms with E-state index in [1.807, 2.05) is 36.9 Å². The molecule has 29 heavy (non-hydrogen) atoms. The molecule has 0 aliphatic carbocycles. The molecular formula is C20H23ClN6OS. The maximum atomic E-state index is 13.0. The number of thioether (sulfide) groups is 1. The molecule has 1 saturated heterocycles. The van der Waals surface area contributed by atoms with Gasteiger partial charge in [-0.3, -0.25) is 19.9 Å². The second-order valence-corrected chi connectivity index (χ2v) is 8.70. The average Bonchev–Trinajstić information content (AvgIpc) is 3.37. The summed E-state index contributed by atoms with van der Waals surface area (Å²) in [7, 11) is 0. The van der Waals surface area contributed by atoms with Crippen LogP contribution in [0.15, 0.2) is 29.4 Å². The lowest BCUT2D eigenvalue weighted by Gasteiger charge is -2.23. The maximum absolute atomic E-state index is 13.0. The number of rotatable bonds is 5. The van der Waals surface area contributed by atoms with Crippen LogP contribution in [0.25, 0.3) is 16.7 Å². The maximum Gasteiger partial charge on any atom is 0.236 e. The molecule has 0 bridgehead atoms. The summed E-state index contributed by atoms with van der Waals surface area (Å²) in [5.41, 5.74) is 2.16. The summed E-state index contributed by atoms with van der Waals surface area (Å²) in [5.74, 6) is 0.132. The average molecular weight is 431 g/mol. The van der Waals surface area contributed by atoms with E-state index >= 15 is 0 Å². The molecule has 3 aromatic rings. The minimum absolute atomic E-state index is 0.132. The first-order valence-electron chi connectivity index (χ1n) is 9.74. The molecular weight excluding hydrogens is 408 g/mol. The molecule has 0 spiro atoms. The molecule has 152 valence electrons. The van der Waals surface area contributed by atoms with E-state index in [4.69, 9.17) is 22.0 Å². The Balaban J connectivity index is 1.84. The summed E-state index contributed by atoms with van der Waals surface area (Å²) in [6.07, 6.45) is 2.79. The van der Waals surface area contributed by atoms with E-state index in [1.54, 1.807) is 10.6 Å². The zero-order chi connectivity index (χ0) is 20.5. The Hall–Kier alpha value is -2.32.